The Morgan fingerprint density at radius 3 is 2.50 bits per heavy atom. The average molecular weight is 509 g/mol. The summed E-state index contributed by atoms with van der Waals surface area (Å²) in [5, 5.41) is 22.2. The second-order valence-electron chi connectivity index (χ2n) is 5.72. The van der Waals surface area contributed by atoms with Crippen LogP contribution in [0, 0.1) is 11.6 Å². The van der Waals surface area contributed by atoms with Crippen LogP contribution in [0.3, 0.4) is 0 Å². The molecule has 1 unspecified atom stereocenters. The number of nitrogens with one attached hydrogen (secondary N) is 2. The first-order chi connectivity index (χ1) is 14.1. The fourth-order valence-corrected chi connectivity index (χ4v) is 3.26. The molecule has 0 aliphatic rings. The second kappa shape index (κ2) is 10.3. The van der Waals surface area contributed by atoms with Gasteiger partial charge in [0.2, 0.25) is 5.88 Å². The number of anilines is 1. The molecule has 0 aliphatic carbocycles. The maximum absolute atomic E-state index is 13.9. The summed E-state index contributed by atoms with van der Waals surface area (Å²) in [5.74, 6) is -4.52. The Hall–Kier alpha value is -2.84. The van der Waals surface area contributed by atoms with Crippen molar-refractivity contribution in [3.8, 4) is 5.88 Å². The Morgan fingerprint density at radius 2 is 1.93 bits per heavy atom. The van der Waals surface area contributed by atoms with Crippen LogP contribution >= 0.6 is 27.5 Å². The first kappa shape index (κ1) is 23.4. The molecule has 6 N–H and O–H groups in total. The van der Waals surface area contributed by atoms with Crippen LogP contribution in [-0.4, -0.2) is 45.1 Å². The van der Waals surface area contributed by atoms with Crippen LogP contribution in [0.4, 0.5) is 18.6 Å². The molecule has 0 saturated heterocycles. The predicted molar refractivity (Wildman–Crippen MR) is 104 cm³/mol. The first-order valence-corrected chi connectivity index (χ1v) is 9.68. The van der Waals surface area contributed by atoms with Crippen molar-refractivity contribution in [1.29, 1.82) is 0 Å². The molecule has 3 amide bonds. The number of benzene rings is 1. The summed E-state index contributed by atoms with van der Waals surface area (Å²) in [6.07, 6.45) is -1.89. The minimum absolute atomic E-state index is 0.0921. The number of aliphatic hydroxyl groups excluding tert-OH is 1. The number of primary amides is 1. The lowest BCUT2D eigenvalue weighted by atomic mass is 10.2. The van der Waals surface area contributed by atoms with Gasteiger partial charge in [-0.05, 0) is 23.7 Å². The van der Waals surface area contributed by atoms with Gasteiger partial charge in [-0.15, -0.1) is 0 Å². The zero-order valence-electron chi connectivity index (χ0n) is 14.9. The molecule has 1 aromatic carbocycles. The third kappa shape index (κ3) is 6.08. The van der Waals surface area contributed by atoms with E-state index in [2.05, 4.69) is 30.9 Å². The number of urea groups is 1. The number of carbonyl (C=O) groups excluding carboxylic acids is 2. The Bertz CT molecular complexity index is 950. The van der Waals surface area contributed by atoms with Crippen molar-refractivity contribution in [2.45, 2.75) is 19.1 Å². The maximum Gasteiger partial charge on any atom is 0.332 e. The summed E-state index contributed by atoms with van der Waals surface area (Å²) in [6.45, 7) is -0.761. The van der Waals surface area contributed by atoms with Crippen LogP contribution < -0.4 is 21.1 Å². The number of carboxylic acids is 1. The summed E-state index contributed by atoms with van der Waals surface area (Å²) >= 11 is 3.59. The zero-order valence-corrected chi connectivity index (χ0v) is 17.3. The van der Waals surface area contributed by atoms with E-state index in [1.165, 1.54) is 0 Å². The van der Waals surface area contributed by atoms with Crippen LogP contribution in [0.25, 0.3) is 0 Å². The minimum Gasteiger partial charge on any atom is -0.479 e. The molecule has 14 heteroatoms. The summed E-state index contributed by atoms with van der Waals surface area (Å²) in [4.78, 5) is 34.1. The van der Waals surface area contributed by atoms with Gasteiger partial charge in [-0.1, -0.05) is 15.9 Å². The summed E-state index contributed by atoms with van der Waals surface area (Å²) in [6, 6.07) is 1.25. The van der Waals surface area contributed by atoms with E-state index >= 15 is 0 Å². The van der Waals surface area contributed by atoms with E-state index in [9.17, 15) is 23.2 Å². The second-order valence-corrected chi connectivity index (χ2v) is 7.41. The van der Waals surface area contributed by atoms with Crippen molar-refractivity contribution in [2.75, 3.05) is 11.9 Å². The summed E-state index contributed by atoms with van der Waals surface area (Å²) in [5.41, 5.74) is 4.58. The quantitative estimate of drug-likeness (QED) is 0.344. The molecule has 0 spiro atoms. The lowest BCUT2D eigenvalue weighted by Gasteiger charge is -2.09. The Labute approximate surface area is 180 Å². The number of hydrogen-bond acceptors (Lipinski definition) is 7. The third-order valence-corrected chi connectivity index (χ3v) is 4.79. The molecule has 1 heterocycles. The monoisotopic (exact) mass is 508 g/mol. The van der Waals surface area contributed by atoms with E-state index in [0.717, 1.165) is 12.1 Å². The topological polar surface area (TPSA) is 164 Å². The molecular weight excluding hydrogens is 494 g/mol. The van der Waals surface area contributed by atoms with Gasteiger partial charge in [0.25, 0.3) is 5.91 Å². The largest absolute Gasteiger partial charge is 0.479 e. The van der Waals surface area contributed by atoms with Gasteiger partial charge in [0, 0.05) is 17.4 Å². The molecule has 2 aromatic rings. The molecule has 0 radical (unpaired) electrons. The highest BCUT2D eigenvalue weighted by Crippen LogP contribution is 2.31. The highest BCUT2D eigenvalue weighted by atomic mass is 79.9. The molecule has 1 aromatic heterocycles. The van der Waals surface area contributed by atoms with Gasteiger partial charge in [0.1, 0.15) is 28.8 Å². The van der Waals surface area contributed by atoms with Gasteiger partial charge in [0.15, 0.2) is 6.10 Å². The minimum atomic E-state index is -1.64. The lowest BCUT2D eigenvalue weighted by molar-refractivity contribution is -0.146. The number of halogens is 3. The molecule has 162 valence electrons. The number of nitrogens with zero attached hydrogens (tertiary/aromatic N) is 1. The third-order valence-electron chi connectivity index (χ3n) is 3.58. The molecule has 2 rings (SSSR count). The maximum atomic E-state index is 13.9. The number of ether oxygens (including phenoxy) is 1. The molecule has 30 heavy (non-hydrogen) atoms. The van der Waals surface area contributed by atoms with E-state index in [4.69, 9.17) is 20.7 Å². The molecule has 0 fully saturated rings. The molecule has 0 aliphatic heterocycles. The standard InChI is InChI=1S/C16H15BrF2N4O6S/c17-6-3-8(18)7(9(19)4-6)5-29-13-11(12(20)25)14(30-23-13)22-16(28)21-2-1-10(24)15(26)27/h3-4,10,24H,1-2,5H2,(H2,20,25)(H,26,27)(H2,21,22,28). The average Bonchev–Trinajstić information content (AvgIpc) is 3.03. The molecule has 10 nitrogen and oxygen atoms in total. The summed E-state index contributed by atoms with van der Waals surface area (Å²) in [7, 11) is 0. The lowest BCUT2D eigenvalue weighted by Crippen LogP contribution is -2.33. The smallest absolute Gasteiger partial charge is 0.332 e. The van der Waals surface area contributed by atoms with E-state index < -0.39 is 47.8 Å². The van der Waals surface area contributed by atoms with E-state index in [1.807, 2.05) is 0 Å². The number of amides is 3. The van der Waals surface area contributed by atoms with Crippen molar-refractivity contribution in [3.05, 3.63) is 39.4 Å². The Kier molecular flexibility index (Phi) is 8.02. The van der Waals surface area contributed by atoms with Crippen molar-refractivity contribution in [1.82, 2.24) is 9.69 Å². The highest BCUT2D eigenvalue weighted by Gasteiger charge is 2.23. The van der Waals surface area contributed by atoms with Crippen LogP contribution in [0.5, 0.6) is 5.88 Å². The highest BCUT2D eigenvalue weighted by molar-refractivity contribution is 9.10. The van der Waals surface area contributed by atoms with Gasteiger partial charge in [-0.2, -0.15) is 4.37 Å². The van der Waals surface area contributed by atoms with Crippen LogP contribution in [0.1, 0.15) is 22.3 Å². The molecule has 0 saturated carbocycles. The van der Waals surface area contributed by atoms with Gasteiger partial charge in [-0.25, -0.2) is 18.4 Å². The number of carboxylic acid groups (broad SMARTS) is 1. The number of hydrogen-bond donors (Lipinski definition) is 5. The van der Waals surface area contributed by atoms with Gasteiger partial charge >= 0.3 is 12.0 Å². The molecular formula is C16H15BrF2N4O6S. The number of aliphatic carboxylic acids is 1. The van der Waals surface area contributed by atoms with Crippen molar-refractivity contribution >= 4 is 50.4 Å². The Morgan fingerprint density at radius 1 is 1.30 bits per heavy atom. The van der Waals surface area contributed by atoms with Crippen molar-refractivity contribution in [3.63, 3.8) is 0 Å². The number of nitrogens with two attached hydrogens (primary N) is 1. The predicted octanol–water partition coefficient (Wildman–Crippen LogP) is 1.82. The zero-order chi connectivity index (χ0) is 22.4. The SMILES string of the molecule is NC(=O)c1c(OCc2c(F)cc(Br)cc2F)nsc1NC(=O)NCCC(O)C(=O)O. The fraction of sp³-hybridized carbons (Fsp3) is 0.250. The first-order valence-electron chi connectivity index (χ1n) is 8.11. The van der Waals surface area contributed by atoms with Gasteiger partial charge in [-0.3, -0.25) is 10.1 Å². The Balaban J connectivity index is 2.05. The van der Waals surface area contributed by atoms with Crippen LogP contribution in [-0.2, 0) is 11.4 Å². The van der Waals surface area contributed by atoms with Crippen LogP contribution in [0.15, 0.2) is 16.6 Å². The number of rotatable bonds is 9. The molecule has 0 bridgehead atoms. The van der Waals surface area contributed by atoms with Crippen molar-refractivity contribution < 1.29 is 38.1 Å². The molecule has 1 atom stereocenters. The summed E-state index contributed by atoms with van der Waals surface area (Å²) < 4.78 is 37.0. The van der Waals surface area contributed by atoms with Crippen LogP contribution in [0.2, 0.25) is 0 Å². The van der Waals surface area contributed by atoms with Gasteiger partial charge < -0.3 is 26.0 Å². The van der Waals surface area contributed by atoms with Gasteiger partial charge in [0.05, 0.1) is 5.56 Å². The van der Waals surface area contributed by atoms with Crippen molar-refractivity contribution in [2.24, 2.45) is 5.73 Å². The fourth-order valence-electron chi connectivity index (χ4n) is 2.12. The number of aromatic nitrogens is 1. The number of aliphatic hydroxyl groups is 1. The van der Waals surface area contributed by atoms with E-state index in [1.54, 1.807) is 0 Å². The van der Waals surface area contributed by atoms with E-state index in [-0.39, 0.29) is 33.9 Å². The normalized spacial score (nSPS) is 11.6. The number of carbonyl (C=O) groups is 3. The van der Waals surface area contributed by atoms with E-state index in [0.29, 0.717) is 11.5 Å².